The minimum absolute atomic E-state index is 0.205. The zero-order valence-corrected chi connectivity index (χ0v) is 20.1. The fraction of sp³-hybridized carbons (Fsp3) is 0.152. The van der Waals surface area contributed by atoms with Gasteiger partial charge in [0, 0.05) is 17.8 Å². The Bertz CT molecular complexity index is 1220. The fourth-order valence-electron chi connectivity index (χ4n) is 5.15. The van der Waals surface area contributed by atoms with Gasteiger partial charge in [0.05, 0.1) is 0 Å². The van der Waals surface area contributed by atoms with Crippen LogP contribution in [0.2, 0.25) is 0 Å². The quantitative estimate of drug-likeness (QED) is 0.406. The van der Waals surface area contributed by atoms with Crippen LogP contribution in [0.15, 0.2) is 152 Å². The first-order valence-electron chi connectivity index (χ1n) is 12.2. The lowest BCUT2D eigenvalue weighted by Crippen LogP contribution is -2.19. The summed E-state index contributed by atoms with van der Waals surface area (Å²) in [5, 5.41) is 0. The molecule has 2 aromatic rings. The highest BCUT2D eigenvalue weighted by Gasteiger charge is 2.29. The van der Waals surface area contributed by atoms with Crippen LogP contribution < -0.4 is 11.5 Å². The molecule has 4 atom stereocenters. The Labute approximate surface area is 209 Å². The van der Waals surface area contributed by atoms with E-state index in [0.29, 0.717) is 5.92 Å². The largest absolute Gasteiger partial charge is 0.405 e. The Balaban J connectivity index is 1.75. The Hall–Kier alpha value is -4.04. The second-order valence-corrected chi connectivity index (χ2v) is 9.01. The maximum absolute atomic E-state index is 5.70. The zero-order valence-electron chi connectivity index (χ0n) is 20.1. The van der Waals surface area contributed by atoms with Crippen molar-refractivity contribution in [1.29, 1.82) is 0 Å². The van der Waals surface area contributed by atoms with Crippen molar-refractivity contribution in [3.8, 4) is 11.1 Å². The molecule has 4 N–H and O–H groups in total. The third-order valence-electron chi connectivity index (χ3n) is 6.94. The Kier molecular flexibility index (Phi) is 7.84. The molecule has 0 heterocycles. The highest BCUT2D eigenvalue weighted by atomic mass is 14.5. The standard InChI is InChI=1S/C33H34N2/c1-3-24-22-31(16-12-28(24)18-20-34)33(32-17-13-29(19-21-35)25(4-2)23-32)30-14-10-27(11-15-30)26-8-6-5-7-9-26/h3-16,18-24,28,32-33H,1-2,17,34-35H2/b20-18+,21-19+. The smallest absolute Gasteiger partial charge is 0.0152 e. The van der Waals surface area contributed by atoms with E-state index >= 15 is 0 Å². The predicted octanol–water partition coefficient (Wildman–Crippen LogP) is 7.36. The van der Waals surface area contributed by atoms with Gasteiger partial charge in [-0.2, -0.15) is 0 Å². The molecule has 4 unspecified atom stereocenters. The van der Waals surface area contributed by atoms with Crippen LogP contribution in [0.3, 0.4) is 0 Å². The first-order valence-corrected chi connectivity index (χ1v) is 12.2. The summed E-state index contributed by atoms with van der Waals surface area (Å²) in [5.41, 5.74) is 18.7. The lowest BCUT2D eigenvalue weighted by atomic mass is 9.72. The summed E-state index contributed by atoms with van der Waals surface area (Å²) in [6.45, 7) is 8.14. The molecule has 0 aliphatic heterocycles. The van der Waals surface area contributed by atoms with Gasteiger partial charge in [0.15, 0.2) is 0 Å². The second-order valence-electron chi connectivity index (χ2n) is 9.01. The average molecular weight is 459 g/mol. The molecule has 35 heavy (non-hydrogen) atoms. The van der Waals surface area contributed by atoms with Crippen molar-refractivity contribution < 1.29 is 0 Å². The molecular formula is C33H34N2. The Morgan fingerprint density at radius 1 is 0.829 bits per heavy atom. The lowest BCUT2D eigenvalue weighted by Gasteiger charge is -2.32. The number of rotatable bonds is 8. The number of nitrogens with two attached hydrogens (primary N) is 2. The van der Waals surface area contributed by atoms with Gasteiger partial charge < -0.3 is 11.5 Å². The summed E-state index contributed by atoms with van der Waals surface area (Å²) in [4.78, 5) is 0. The zero-order chi connectivity index (χ0) is 24.6. The van der Waals surface area contributed by atoms with Gasteiger partial charge in [-0.1, -0.05) is 110 Å². The first kappa shape index (κ1) is 24.1. The molecule has 0 bridgehead atoms. The van der Waals surface area contributed by atoms with Crippen molar-refractivity contribution in [3.05, 3.63) is 157 Å². The molecule has 2 aromatic carbocycles. The Morgan fingerprint density at radius 3 is 2.23 bits per heavy atom. The number of hydrogen-bond acceptors (Lipinski definition) is 2. The van der Waals surface area contributed by atoms with Gasteiger partial charge in [-0.05, 0) is 64.2 Å². The van der Waals surface area contributed by atoms with Crippen molar-refractivity contribution in [2.75, 3.05) is 0 Å². The monoisotopic (exact) mass is 458 g/mol. The summed E-state index contributed by atoms with van der Waals surface area (Å²) in [5.74, 6) is 0.937. The third-order valence-corrected chi connectivity index (χ3v) is 6.94. The second kappa shape index (κ2) is 11.4. The van der Waals surface area contributed by atoms with Crippen molar-refractivity contribution in [2.45, 2.75) is 12.3 Å². The van der Waals surface area contributed by atoms with Crippen molar-refractivity contribution in [1.82, 2.24) is 0 Å². The molecule has 0 saturated heterocycles. The van der Waals surface area contributed by atoms with E-state index in [1.807, 2.05) is 30.4 Å². The SMILES string of the molecule is C=CC1=CC(C(C2=CC(C=C)C(/C=C/N)C=C2)c2ccc(-c3ccccc3)cc2)CC=C1/C=C/N. The highest BCUT2D eigenvalue weighted by molar-refractivity contribution is 5.64. The first-order chi connectivity index (χ1) is 17.2. The van der Waals surface area contributed by atoms with Crippen molar-refractivity contribution in [2.24, 2.45) is 29.2 Å². The van der Waals surface area contributed by atoms with Crippen molar-refractivity contribution in [3.63, 3.8) is 0 Å². The molecule has 0 amide bonds. The minimum Gasteiger partial charge on any atom is -0.405 e. The summed E-state index contributed by atoms with van der Waals surface area (Å²) in [7, 11) is 0. The fourth-order valence-corrected chi connectivity index (χ4v) is 5.15. The van der Waals surface area contributed by atoms with Crippen LogP contribution in [0, 0.1) is 17.8 Å². The number of benzene rings is 2. The van der Waals surface area contributed by atoms with E-state index in [0.717, 1.165) is 17.6 Å². The van der Waals surface area contributed by atoms with Gasteiger partial charge in [-0.3, -0.25) is 0 Å². The molecule has 4 rings (SSSR count). The maximum atomic E-state index is 5.70. The molecule has 0 aromatic heterocycles. The van der Waals surface area contributed by atoms with Crippen LogP contribution in [0.1, 0.15) is 17.9 Å². The van der Waals surface area contributed by atoms with Gasteiger partial charge in [0.25, 0.3) is 0 Å². The molecular weight excluding hydrogens is 424 g/mol. The van der Waals surface area contributed by atoms with Crippen molar-refractivity contribution >= 4 is 0 Å². The van der Waals surface area contributed by atoms with E-state index in [2.05, 4.69) is 92.1 Å². The lowest BCUT2D eigenvalue weighted by molar-refractivity contribution is 0.553. The van der Waals surface area contributed by atoms with E-state index in [-0.39, 0.29) is 17.8 Å². The van der Waals surface area contributed by atoms with Gasteiger partial charge in [-0.25, -0.2) is 0 Å². The van der Waals surface area contributed by atoms with Crippen LogP contribution in [-0.4, -0.2) is 0 Å². The van der Waals surface area contributed by atoms with Crippen LogP contribution in [0.25, 0.3) is 11.1 Å². The average Bonchev–Trinajstić information content (AvgIpc) is 2.91. The third kappa shape index (κ3) is 5.38. The normalized spacial score (nSPS) is 23.0. The molecule has 2 heteroatoms. The van der Waals surface area contributed by atoms with Crippen LogP contribution in [0.5, 0.6) is 0 Å². The minimum atomic E-state index is 0.205. The van der Waals surface area contributed by atoms with E-state index < -0.39 is 0 Å². The molecule has 2 nitrogen and oxygen atoms in total. The maximum Gasteiger partial charge on any atom is 0.0152 e. The summed E-state index contributed by atoms with van der Waals surface area (Å²) >= 11 is 0. The van der Waals surface area contributed by atoms with E-state index in [4.69, 9.17) is 11.5 Å². The van der Waals surface area contributed by atoms with Crippen LogP contribution >= 0.6 is 0 Å². The molecule has 2 aliphatic rings. The molecule has 0 fully saturated rings. The molecule has 0 saturated carbocycles. The Morgan fingerprint density at radius 2 is 1.57 bits per heavy atom. The molecule has 176 valence electrons. The summed E-state index contributed by atoms with van der Waals surface area (Å²) < 4.78 is 0. The summed E-state index contributed by atoms with van der Waals surface area (Å²) in [6.07, 6.45) is 23.6. The number of hydrogen-bond donors (Lipinski definition) is 2. The van der Waals surface area contributed by atoms with Gasteiger partial charge in [0.2, 0.25) is 0 Å². The topological polar surface area (TPSA) is 52.0 Å². The summed E-state index contributed by atoms with van der Waals surface area (Å²) in [6, 6.07) is 19.5. The van der Waals surface area contributed by atoms with Gasteiger partial charge in [0.1, 0.15) is 0 Å². The van der Waals surface area contributed by atoms with Crippen LogP contribution in [-0.2, 0) is 0 Å². The van der Waals surface area contributed by atoms with Gasteiger partial charge in [-0.15, -0.1) is 6.58 Å². The molecule has 0 radical (unpaired) electrons. The van der Waals surface area contributed by atoms with E-state index in [1.54, 1.807) is 12.4 Å². The highest BCUT2D eigenvalue weighted by Crippen LogP contribution is 2.43. The number of allylic oxidation sites excluding steroid dienone is 12. The van der Waals surface area contributed by atoms with Crippen LogP contribution in [0.4, 0.5) is 0 Å². The van der Waals surface area contributed by atoms with Gasteiger partial charge >= 0.3 is 0 Å². The molecule has 0 spiro atoms. The predicted molar refractivity (Wildman–Crippen MR) is 150 cm³/mol. The van der Waals surface area contributed by atoms with E-state index in [1.165, 1.54) is 22.3 Å². The van der Waals surface area contributed by atoms with E-state index in [9.17, 15) is 0 Å². The molecule has 2 aliphatic carbocycles.